The second kappa shape index (κ2) is 7.81. The molecule has 0 bridgehead atoms. The van der Waals surface area contributed by atoms with E-state index in [1.54, 1.807) is 0 Å². The number of hydrogen-bond acceptors (Lipinski definition) is 1. The molecule has 0 atom stereocenters. The van der Waals surface area contributed by atoms with Crippen LogP contribution in [-0.4, -0.2) is 0 Å². The summed E-state index contributed by atoms with van der Waals surface area (Å²) in [7, 11) is 0. The van der Waals surface area contributed by atoms with Crippen LogP contribution in [0.25, 0.3) is 0 Å². The molecule has 1 nitrogen and oxygen atoms in total. The maximum Gasteiger partial charge on any atom is 0.0140 e. The van der Waals surface area contributed by atoms with Crippen LogP contribution in [0.1, 0.15) is 59.3 Å². The first-order valence-electron chi connectivity index (χ1n) is 6.50. The van der Waals surface area contributed by atoms with Gasteiger partial charge in [-0.1, -0.05) is 64.8 Å². The summed E-state index contributed by atoms with van der Waals surface area (Å²) in [6, 6.07) is 0. The largest absolute Gasteiger partial charge is 0.402 e. The topological polar surface area (TPSA) is 26.0 Å². The zero-order chi connectivity index (χ0) is 13.5. The first-order valence-corrected chi connectivity index (χ1v) is 6.88. The maximum atomic E-state index is 5.76. The number of hydrogen-bond donors (Lipinski definition) is 1. The minimum Gasteiger partial charge on any atom is -0.402 e. The lowest BCUT2D eigenvalue weighted by molar-refractivity contribution is 0.408. The zero-order valence-corrected chi connectivity index (χ0v) is 12.4. The van der Waals surface area contributed by atoms with E-state index in [1.807, 2.05) is 0 Å². The molecule has 100 valence electrons. The molecule has 2 N–H and O–H groups in total. The van der Waals surface area contributed by atoms with Gasteiger partial charge in [-0.15, -0.1) is 0 Å². The van der Waals surface area contributed by atoms with Crippen LogP contribution in [0.3, 0.4) is 0 Å². The fourth-order valence-electron chi connectivity index (χ4n) is 2.10. The molecule has 1 aliphatic carbocycles. The van der Waals surface area contributed by atoms with Gasteiger partial charge in [0.1, 0.15) is 0 Å². The van der Waals surface area contributed by atoms with Crippen molar-refractivity contribution >= 4 is 11.6 Å². The molecule has 0 heterocycles. The van der Waals surface area contributed by atoms with E-state index < -0.39 is 0 Å². The van der Waals surface area contributed by atoms with Gasteiger partial charge in [0.15, 0.2) is 0 Å². The Balaban J connectivity index is 0.000000304. The summed E-state index contributed by atoms with van der Waals surface area (Å²) >= 11 is 5.76. The number of halogens is 1. The van der Waals surface area contributed by atoms with Crippen LogP contribution in [0, 0.1) is 11.3 Å². The summed E-state index contributed by atoms with van der Waals surface area (Å²) in [4.78, 5) is 0. The minimum absolute atomic E-state index is 0.297. The lowest BCUT2D eigenvalue weighted by Gasteiger charge is -2.19. The van der Waals surface area contributed by atoms with Crippen molar-refractivity contribution in [1.29, 1.82) is 0 Å². The summed E-state index contributed by atoms with van der Waals surface area (Å²) in [5.74, 6) is 0.625. The van der Waals surface area contributed by atoms with Crippen LogP contribution in [0.5, 0.6) is 0 Å². The predicted molar refractivity (Wildman–Crippen MR) is 79.0 cm³/mol. The van der Waals surface area contributed by atoms with Crippen LogP contribution in [-0.2, 0) is 0 Å². The van der Waals surface area contributed by atoms with Gasteiger partial charge in [-0.2, -0.15) is 0 Å². The quantitative estimate of drug-likeness (QED) is 0.722. The highest BCUT2D eigenvalue weighted by molar-refractivity contribution is 6.29. The molecule has 0 unspecified atom stereocenters. The third-order valence-electron chi connectivity index (χ3n) is 2.81. The van der Waals surface area contributed by atoms with Crippen molar-refractivity contribution in [2.45, 2.75) is 59.3 Å². The van der Waals surface area contributed by atoms with Crippen molar-refractivity contribution in [2.75, 3.05) is 0 Å². The summed E-state index contributed by atoms with van der Waals surface area (Å²) in [6.45, 7) is 13.8. The van der Waals surface area contributed by atoms with E-state index in [1.165, 1.54) is 32.1 Å². The number of allylic oxidation sites excluding steroid dienone is 2. The maximum absolute atomic E-state index is 5.76. The summed E-state index contributed by atoms with van der Waals surface area (Å²) in [5.41, 5.74) is 6.46. The lowest BCUT2D eigenvalue weighted by atomic mass is 9.89. The van der Waals surface area contributed by atoms with Gasteiger partial charge in [-0.05, 0) is 30.6 Å². The van der Waals surface area contributed by atoms with Gasteiger partial charge in [-0.25, -0.2) is 0 Å². The van der Waals surface area contributed by atoms with E-state index in [9.17, 15) is 0 Å². The molecule has 1 fully saturated rings. The van der Waals surface area contributed by atoms with Gasteiger partial charge in [-0.3, -0.25) is 0 Å². The molecule has 0 spiro atoms. The van der Waals surface area contributed by atoms with Crippen LogP contribution in [0.2, 0.25) is 0 Å². The van der Waals surface area contributed by atoms with Gasteiger partial charge in [0.2, 0.25) is 0 Å². The standard InChI is InChI=1S/C8H13Cl.C7H15N/c1-7(9)8-5-3-2-4-6-8;1-6(8)5-7(2,3)4/h8H,1-6H2;1,5,8H2,2-4H3. The number of rotatable bonds is 2. The average Bonchev–Trinajstić information content (AvgIpc) is 2.16. The first kappa shape index (κ1) is 16.6. The van der Waals surface area contributed by atoms with Crippen LogP contribution in [0.4, 0.5) is 0 Å². The molecule has 17 heavy (non-hydrogen) atoms. The second-order valence-corrected chi connectivity index (χ2v) is 6.66. The Labute approximate surface area is 112 Å². The van der Waals surface area contributed by atoms with Gasteiger partial charge in [0.05, 0.1) is 0 Å². The van der Waals surface area contributed by atoms with E-state index in [0.29, 0.717) is 11.3 Å². The molecular formula is C15H28ClN. The highest BCUT2D eigenvalue weighted by Crippen LogP contribution is 2.30. The van der Waals surface area contributed by atoms with Crippen molar-refractivity contribution in [3.8, 4) is 0 Å². The second-order valence-electron chi connectivity index (χ2n) is 6.18. The minimum atomic E-state index is 0.297. The fourth-order valence-corrected chi connectivity index (χ4v) is 2.32. The third kappa shape index (κ3) is 10.4. The molecule has 0 amide bonds. The Bertz CT molecular complexity index is 244. The SMILES string of the molecule is C=C(Cl)C1CCCCC1.C=C(N)CC(C)(C)C. The molecule has 1 rings (SSSR count). The highest BCUT2D eigenvalue weighted by Gasteiger charge is 2.14. The summed E-state index contributed by atoms with van der Waals surface area (Å²) < 4.78 is 0. The van der Waals surface area contributed by atoms with E-state index in [0.717, 1.165) is 17.2 Å². The predicted octanol–water partition coefficient (Wildman–Crippen LogP) is 5.21. The Morgan fingerprint density at radius 3 is 1.82 bits per heavy atom. The third-order valence-corrected chi connectivity index (χ3v) is 3.11. The molecule has 1 saturated carbocycles. The van der Waals surface area contributed by atoms with Crippen molar-refractivity contribution < 1.29 is 0 Å². The normalized spacial score (nSPS) is 16.9. The van der Waals surface area contributed by atoms with E-state index >= 15 is 0 Å². The molecule has 2 heteroatoms. The van der Waals surface area contributed by atoms with Gasteiger partial charge in [0.25, 0.3) is 0 Å². The smallest absolute Gasteiger partial charge is 0.0140 e. The van der Waals surface area contributed by atoms with Gasteiger partial charge < -0.3 is 5.73 Å². The monoisotopic (exact) mass is 257 g/mol. The summed E-state index contributed by atoms with van der Waals surface area (Å²) in [6.07, 6.45) is 7.52. The van der Waals surface area contributed by atoms with E-state index in [4.69, 9.17) is 17.3 Å². The molecule has 0 radical (unpaired) electrons. The zero-order valence-electron chi connectivity index (χ0n) is 11.7. The lowest BCUT2D eigenvalue weighted by Crippen LogP contribution is -2.09. The van der Waals surface area contributed by atoms with Crippen LogP contribution >= 0.6 is 11.6 Å². The van der Waals surface area contributed by atoms with Crippen molar-refractivity contribution in [3.63, 3.8) is 0 Å². The average molecular weight is 258 g/mol. The molecule has 0 aromatic carbocycles. The molecule has 1 aliphatic rings. The van der Waals surface area contributed by atoms with Gasteiger partial charge in [0, 0.05) is 10.7 Å². The Morgan fingerprint density at radius 1 is 1.18 bits per heavy atom. The molecule has 0 saturated heterocycles. The Hall–Kier alpha value is -0.430. The van der Waals surface area contributed by atoms with E-state index in [2.05, 4.69) is 33.9 Å². The molecular weight excluding hydrogens is 230 g/mol. The molecule has 0 aliphatic heterocycles. The van der Waals surface area contributed by atoms with E-state index in [-0.39, 0.29) is 0 Å². The van der Waals surface area contributed by atoms with Crippen molar-refractivity contribution in [1.82, 2.24) is 0 Å². The number of nitrogens with two attached hydrogens (primary N) is 1. The van der Waals surface area contributed by atoms with Gasteiger partial charge >= 0.3 is 0 Å². The fraction of sp³-hybridized carbons (Fsp3) is 0.733. The Kier molecular flexibility index (Phi) is 7.61. The van der Waals surface area contributed by atoms with Crippen molar-refractivity contribution in [2.24, 2.45) is 17.1 Å². The molecule has 0 aromatic rings. The summed E-state index contributed by atoms with van der Waals surface area (Å²) in [5, 5.41) is 0.870. The van der Waals surface area contributed by atoms with Crippen LogP contribution < -0.4 is 5.73 Å². The Morgan fingerprint density at radius 2 is 1.65 bits per heavy atom. The molecule has 0 aromatic heterocycles. The van der Waals surface area contributed by atoms with Crippen molar-refractivity contribution in [3.05, 3.63) is 23.9 Å². The first-order chi connectivity index (χ1) is 7.72. The van der Waals surface area contributed by atoms with Crippen LogP contribution in [0.15, 0.2) is 23.9 Å². The highest BCUT2D eigenvalue weighted by atomic mass is 35.5.